The largest absolute Gasteiger partial charge is 0.497 e. The van der Waals surface area contributed by atoms with Gasteiger partial charge in [0.15, 0.2) is 6.61 Å². The fraction of sp³-hybridized carbons (Fsp3) is 0.423. The van der Waals surface area contributed by atoms with Gasteiger partial charge in [-0.2, -0.15) is 0 Å². The zero-order valence-corrected chi connectivity index (χ0v) is 19.1. The van der Waals surface area contributed by atoms with Gasteiger partial charge in [-0.3, -0.25) is 9.59 Å². The summed E-state index contributed by atoms with van der Waals surface area (Å²) in [6.07, 6.45) is 7.36. The zero-order chi connectivity index (χ0) is 23.5. The Morgan fingerprint density at radius 1 is 0.909 bits per heavy atom. The Morgan fingerprint density at radius 2 is 1.61 bits per heavy atom. The fourth-order valence-electron chi connectivity index (χ4n) is 3.93. The monoisotopic (exact) mass is 452 g/mol. The van der Waals surface area contributed by atoms with Crippen LogP contribution in [-0.2, 0) is 20.7 Å². The highest BCUT2D eigenvalue weighted by Crippen LogP contribution is 2.19. The van der Waals surface area contributed by atoms with E-state index >= 15 is 0 Å². The second kappa shape index (κ2) is 12.6. The van der Waals surface area contributed by atoms with Crippen molar-refractivity contribution in [2.24, 2.45) is 0 Å². The lowest BCUT2D eigenvalue weighted by molar-refractivity contribution is -0.125. The van der Waals surface area contributed by atoms with Crippen LogP contribution in [0.4, 0.5) is 5.69 Å². The topological polar surface area (TPSA) is 93.7 Å². The molecule has 2 aromatic rings. The van der Waals surface area contributed by atoms with Crippen molar-refractivity contribution in [3.05, 3.63) is 59.7 Å². The Labute approximate surface area is 194 Å². The zero-order valence-electron chi connectivity index (χ0n) is 19.1. The molecule has 0 heterocycles. The molecule has 33 heavy (non-hydrogen) atoms. The second-order valence-corrected chi connectivity index (χ2v) is 8.27. The summed E-state index contributed by atoms with van der Waals surface area (Å²) in [7, 11) is 1.61. The van der Waals surface area contributed by atoms with Gasteiger partial charge in [-0.25, -0.2) is 4.79 Å². The molecule has 1 saturated carbocycles. The molecule has 0 bridgehead atoms. The van der Waals surface area contributed by atoms with Crippen LogP contribution in [-0.4, -0.2) is 37.5 Å². The van der Waals surface area contributed by atoms with E-state index in [1.807, 2.05) is 24.3 Å². The molecule has 2 aromatic carbocycles. The summed E-state index contributed by atoms with van der Waals surface area (Å²) in [5, 5.41) is 5.74. The van der Waals surface area contributed by atoms with Crippen molar-refractivity contribution in [1.82, 2.24) is 5.32 Å². The predicted molar refractivity (Wildman–Crippen MR) is 126 cm³/mol. The maximum Gasteiger partial charge on any atom is 0.340 e. The average molecular weight is 453 g/mol. The number of rotatable bonds is 9. The molecule has 1 aliphatic rings. The Balaban J connectivity index is 1.49. The highest BCUT2D eigenvalue weighted by molar-refractivity contribution is 6.01. The second-order valence-electron chi connectivity index (χ2n) is 8.27. The summed E-state index contributed by atoms with van der Waals surface area (Å²) in [4.78, 5) is 37.2. The van der Waals surface area contributed by atoms with E-state index in [4.69, 9.17) is 9.47 Å². The Morgan fingerprint density at radius 3 is 2.30 bits per heavy atom. The van der Waals surface area contributed by atoms with Crippen molar-refractivity contribution in [2.45, 2.75) is 57.4 Å². The molecular weight excluding hydrogens is 420 g/mol. The third kappa shape index (κ3) is 7.93. The van der Waals surface area contributed by atoms with E-state index in [2.05, 4.69) is 10.6 Å². The summed E-state index contributed by atoms with van der Waals surface area (Å²) in [6, 6.07) is 14.3. The van der Waals surface area contributed by atoms with Crippen LogP contribution >= 0.6 is 0 Å². The summed E-state index contributed by atoms with van der Waals surface area (Å²) < 4.78 is 10.4. The number of hydrogen-bond acceptors (Lipinski definition) is 5. The number of carbonyl (C=O) groups excluding carboxylic acids is 3. The van der Waals surface area contributed by atoms with Gasteiger partial charge >= 0.3 is 5.97 Å². The number of aryl methyl sites for hydroxylation is 1. The quantitative estimate of drug-likeness (QED) is 0.438. The lowest BCUT2D eigenvalue weighted by Gasteiger charge is -2.16. The van der Waals surface area contributed by atoms with Gasteiger partial charge in [0.2, 0.25) is 5.91 Å². The molecule has 0 aromatic heterocycles. The van der Waals surface area contributed by atoms with Crippen molar-refractivity contribution in [3.63, 3.8) is 0 Å². The van der Waals surface area contributed by atoms with Gasteiger partial charge in [-0.15, -0.1) is 0 Å². The van der Waals surface area contributed by atoms with Gasteiger partial charge < -0.3 is 20.1 Å². The van der Waals surface area contributed by atoms with Crippen molar-refractivity contribution < 1.29 is 23.9 Å². The van der Waals surface area contributed by atoms with Crippen LogP contribution < -0.4 is 15.4 Å². The molecule has 0 atom stereocenters. The van der Waals surface area contributed by atoms with Gasteiger partial charge in [0.25, 0.3) is 5.91 Å². The molecule has 0 radical (unpaired) electrons. The molecule has 2 N–H and O–H groups in total. The fourth-order valence-corrected chi connectivity index (χ4v) is 3.93. The summed E-state index contributed by atoms with van der Waals surface area (Å²) in [5.41, 5.74) is 1.60. The minimum Gasteiger partial charge on any atom is -0.497 e. The van der Waals surface area contributed by atoms with Gasteiger partial charge in [0, 0.05) is 12.5 Å². The van der Waals surface area contributed by atoms with Gasteiger partial charge in [-0.05, 0) is 49.1 Å². The van der Waals surface area contributed by atoms with Crippen molar-refractivity contribution >= 4 is 23.5 Å². The predicted octanol–water partition coefficient (Wildman–Crippen LogP) is 4.26. The number of carbonyl (C=O) groups is 3. The van der Waals surface area contributed by atoms with Crippen LogP contribution in [0.1, 0.15) is 60.9 Å². The SMILES string of the molecule is COc1ccc(CCC(=O)Nc2ccccc2C(=O)OCC(=O)NC2CCCCCC2)cc1. The molecule has 176 valence electrons. The van der Waals surface area contributed by atoms with E-state index in [0.717, 1.165) is 37.0 Å². The number of esters is 1. The van der Waals surface area contributed by atoms with Crippen molar-refractivity contribution in [1.29, 1.82) is 0 Å². The molecule has 7 heteroatoms. The third-order valence-corrected chi connectivity index (χ3v) is 5.78. The summed E-state index contributed by atoms with van der Waals surface area (Å²) in [6.45, 7) is -0.338. The maximum atomic E-state index is 12.6. The first-order valence-corrected chi connectivity index (χ1v) is 11.5. The lowest BCUT2D eigenvalue weighted by Crippen LogP contribution is -2.37. The smallest absolute Gasteiger partial charge is 0.340 e. The molecule has 7 nitrogen and oxygen atoms in total. The number of para-hydroxylation sites is 1. The number of methoxy groups -OCH3 is 1. The van der Waals surface area contributed by atoms with Gasteiger partial charge in [-0.1, -0.05) is 49.9 Å². The third-order valence-electron chi connectivity index (χ3n) is 5.78. The maximum absolute atomic E-state index is 12.6. The highest BCUT2D eigenvalue weighted by Gasteiger charge is 2.18. The molecule has 3 rings (SSSR count). The lowest BCUT2D eigenvalue weighted by atomic mass is 10.1. The van der Waals surface area contributed by atoms with Crippen LogP contribution in [0.5, 0.6) is 5.75 Å². The normalized spacial score (nSPS) is 14.1. The number of hydrogen-bond donors (Lipinski definition) is 2. The molecular formula is C26H32N2O5. The molecule has 0 unspecified atom stereocenters. The van der Waals surface area contributed by atoms with Crippen LogP contribution in [0.2, 0.25) is 0 Å². The first-order chi connectivity index (χ1) is 16.0. The minimum atomic E-state index is -0.642. The molecule has 1 aliphatic carbocycles. The number of anilines is 1. The number of ether oxygens (including phenoxy) is 2. The molecule has 2 amide bonds. The first-order valence-electron chi connectivity index (χ1n) is 11.5. The van der Waals surface area contributed by atoms with Crippen LogP contribution in [0.25, 0.3) is 0 Å². The van der Waals surface area contributed by atoms with E-state index in [9.17, 15) is 14.4 Å². The van der Waals surface area contributed by atoms with Crippen LogP contribution in [0.3, 0.4) is 0 Å². The highest BCUT2D eigenvalue weighted by atomic mass is 16.5. The van der Waals surface area contributed by atoms with Crippen LogP contribution in [0, 0.1) is 0 Å². The summed E-state index contributed by atoms with van der Waals surface area (Å²) >= 11 is 0. The van der Waals surface area contributed by atoms with Crippen molar-refractivity contribution in [3.8, 4) is 5.75 Å². The number of nitrogens with one attached hydrogen (secondary N) is 2. The van der Waals surface area contributed by atoms with Crippen LogP contribution in [0.15, 0.2) is 48.5 Å². The van der Waals surface area contributed by atoms with E-state index in [-0.39, 0.29) is 36.4 Å². The molecule has 0 aliphatic heterocycles. The molecule has 1 fully saturated rings. The molecule has 0 saturated heterocycles. The number of benzene rings is 2. The van der Waals surface area contributed by atoms with E-state index < -0.39 is 5.97 Å². The van der Waals surface area contributed by atoms with Gasteiger partial charge in [0.1, 0.15) is 5.75 Å². The Hall–Kier alpha value is -3.35. The first kappa shape index (κ1) is 24.3. The van der Waals surface area contributed by atoms with E-state index in [1.54, 1.807) is 31.4 Å². The summed E-state index contributed by atoms with van der Waals surface area (Å²) in [5.74, 6) is -0.385. The standard InChI is InChI=1S/C26H32N2O5/c1-32-21-15-12-19(13-16-21)14-17-24(29)28-23-11-7-6-10-22(23)26(31)33-18-25(30)27-20-8-4-2-3-5-9-20/h6-7,10-13,15-16,20H,2-5,8-9,14,17-18H2,1H3,(H,27,30)(H,28,29). The minimum absolute atomic E-state index is 0.149. The Kier molecular flexibility index (Phi) is 9.30. The van der Waals surface area contributed by atoms with E-state index in [0.29, 0.717) is 12.1 Å². The average Bonchev–Trinajstić information content (AvgIpc) is 3.10. The van der Waals surface area contributed by atoms with E-state index in [1.165, 1.54) is 12.8 Å². The molecule has 0 spiro atoms. The number of amides is 2. The van der Waals surface area contributed by atoms with Gasteiger partial charge in [0.05, 0.1) is 18.4 Å². The van der Waals surface area contributed by atoms with Crippen molar-refractivity contribution in [2.75, 3.05) is 19.0 Å². The Bertz CT molecular complexity index is 934.